The predicted octanol–water partition coefficient (Wildman–Crippen LogP) is 3.63. The van der Waals surface area contributed by atoms with Crippen LogP contribution in [0.25, 0.3) is 0 Å². The first kappa shape index (κ1) is 30.7. The summed E-state index contributed by atoms with van der Waals surface area (Å²) in [7, 11) is 0. The zero-order valence-electron chi connectivity index (χ0n) is 23.7. The molecule has 1 saturated heterocycles. The van der Waals surface area contributed by atoms with Crippen LogP contribution in [-0.4, -0.2) is 42.4 Å². The molecule has 1 fully saturated rings. The number of imide groups is 3. The number of hydrogen-bond acceptors (Lipinski definition) is 7. The second-order valence-electron chi connectivity index (χ2n) is 9.27. The first-order chi connectivity index (χ1) is 18.1. The highest BCUT2D eigenvalue weighted by molar-refractivity contribution is 6.53. The van der Waals surface area contributed by atoms with Gasteiger partial charge in [0.05, 0.1) is 12.3 Å². The van der Waals surface area contributed by atoms with Crippen LogP contribution in [0.15, 0.2) is 12.1 Å². The van der Waals surface area contributed by atoms with Crippen LogP contribution >= 0.6 is 0 Å². The maximum absolute atomic E-state index is 11.8. The number of nitrogens with one attached hydrogen (secondary N) is 3. The zero-order valence-corrected chi connectivity index (χ0v) is 23.7. The molecular formula is C28H34N4O7. The Morgan fingerprint density at radius 1 is 0.795 bits per heavy atom. The molecule has 0 unspecified atom stereocenters. The smallest absolute Gasteiger partial charge is 0.397 e. The summed E-state index contributed by atoms with van der Waals surface area (Å²) in [5.74, 6) is -3.87. The molecule has 3 rings (SSSR count). The number of rotatable bonds is 3. The van der Waals surface area contributed by atoms with Gasteiger partial charge in [-0.05, 0) is 107 Å². The third-order valence-electron chi connectivity index (χ3n) is 6.64. The van der Waals surface area contributed by atoms with Gasteiger partial charge in [-0.25, -0.2) is 19.3 Å². The van der Waals surface area contributed by atoms with E-state index in [1.165, 1.54) is 0 Å². The maximum Gasteiger partial charge on any atom is 0.397 e. The van der Waals surface area contributed by atoms with E-state index in [0.717, 1.165) is 49.4 Å². The molecule has 0 bridgehead atoms. The third-order valence-corrected chi connectivity index (χ3v) is 6.64. The van der Waals surface area contributed by atoms with E-state index in [9.17, 15) is 28.8 Å². The van der Waals surface area contributed by atoms with E-state index in [2.05, 4.69) is 10.1 Å². The van der Waals surface area contributed by atoms with Gasteiger partial charge in [-0.2, -0.15) is 0 Å². The highest BCUT2D eigenvalue weighted by Crippen LogP contribution is 2.31. The van der Waals surface area contributed by atoms with Crippen molar-refractivity contribution in [2.24, 2.45) is 0 Å². The molecule has 0 aromatic heterocycles. The van der Waals surface area contributed by atoms with Gasteiger partial charge >= 0.3 is 35.8 Å². The molecule has 2 aromatic carbocycles. The number of urea groups is 2. The van der Waals surface area contributed by atoms with E-state index in [4.69, 9.17) is 0 Å². The van der Waals surface area contributed by atoms with Gasteiger partial charge in [0, 0.05) is 5.69 Å². The quantitative estimate of drug-likeness (QED) is 0.307. The molecule has 3 N–H and O–H groups in total. The van der Waals surface area contributed by atoms with E-state index in [0.29, 0.717) is 11.4 Å². The number of nitrogens with zero attached hydrogens (tertiary/aromatic N) is 1. The van der Waals surface area contributed by atoms with Crippen LogP contribution in [-0.2, 0) is 23.9 Å². The number of aryl methyl sites for hydroxylation is 4. The van der Waals surface area contributed by atoms with Crippen LogP contribution in [0.1, 0.15) is 51.4 Å². The van der Waals surface area contributed by atoms with Gasteiger partial charge in [0.2, 0.25) is 0 Å². The molecule has 39 heavy (non-hydrogen) atoms. The number of hydrogen-bond donors (Lipinski definition) is 3. The minimum absolute atomic E-state index is 0.0727. The van der Waals surface area contributed by atoms with Crippen molar-refractivity contribution < 1.29 is 33.5 Å². The Labute approximate surface area is 227 Å². The molecule has 0 saturated carbocycles. The first-order valence-electron chi connectivity index (χ1n) is 12.3. The molecule has 2 aromatic rings. The Morgan fingerprint density at radius 3 is 1.85 bits per heavy atom. The van der Waals surface area contributed by atoms with E-state index in [-0.39, 0.29) is 6.61 Å². The number of carbonyl (C=O) groups excluding carboxylic acids is 6. The van der Waals surface area contributed by atoms with E-state index in [1.807, 2.05) is 78.2 Å². The largest absolute Gasteiger partial charge is 0.459 e. The Balaban J connectivity index is 0.000000276. The van der Waals surface area contributed by atoms with Crippen molar-refractivity contribution in [2.75, 3.05) is 16.8 Å². The predicted molar refractivity (Wildman–Crippen MR) is 146 cm³/mol. The fourth-order valence-corrected chi connectivity index (χ4v) is 4.19. The summed E-state index contributed by atoms with van der Waals surface area (Å²) < 4.78 is 4.51. The van der Waals surface area contributed by atoms with Crippen LogP contribution in [0.2, 0.25) is 0 Å². The minimum atomic E-state index is -1.09. The van der Waals surface area contributed by atoms with Crippen LogP contribution in [0.3, 0.4) is 0 Å². The highest BCUT2D eigenvalue weighted by Gasteiger charge is 2.39. The molecule has 0 aliphatic carbocycles. The zero-order chi connectivity index (χ0) is 29.8. The SMILES string of the molecule is CCOC(=O)C(=O)NC(=O)Nc1c(C)cc(C)c(C)c1C.Cc1cc(C)c(N2C(=O)NC(=O)C2=O)c(C)c1C. The topological polar surface area (TPSA) is 151 Å². The molecule has 11 heteroatoms. The summed E-state index contributed by atoms with van der Waals surface area (Å²) in [6.45, 7) is 16.9. The van der Waals surface area contributed by atoms with Crippen molar-refractivity contribution in [1.29, 1.82) is 0 Å². The van der Waals surface area contributed by atoms with Crippen LogP contribution < -0.4 is 20.9 Å². The molecule has 0 spiro atoms. The Morgan fingerprint density at radius 2 is 1.33 bits per heavy atom. The van der Waals surface area contributed by atoms with Gasteiger partial charge in [0.15, 0.2) is 0 Å². The van der Waals surface area contributed by atoms with Crippen molar-refractivity contribution in [3.05, 3.63) is 56.6 Å². The third kappa shape index (κ3) is 6.67. The molecular weight excluding hydrogens is 504 g/mol. The molecule has 208 valence electrons. The Bertz CT molecular complexity index is 1400. The normalized spacial score (nSPS) is 12.4. The monoisotopic (exact) mass is 538 g/mol. The summed E-state index contributed by atoms with van der Waals surface area (Å²) >= 11 is 0. The maximum atomic E-state index is 11.8. The van der Waals surface area contributed by atoms with Crippen LogP contribution in [0.4, 0.5) is 21.0 Å². The number of anilines is 2. The van der Waals surface area contributed by atoms with Gasteiger partial charge in [-0.1, -0.05) is 12.1 Å². The van der Waals surface area contributed by atoms with E-state index in [1.54, 1.807) is 6.92 Å². The van der Waals surface area contributed by atoms with Gasteiger partial charge in [-0.3, -0.25) is 25.0 Å². The number of ether oxygens (including phenoxy) is 1. The Hall–Kier alpha value is -4.54. The van der Waals surface area contributed by atoms with Crippen molar-refractivity contribution in [3.8, 4) is 0 Å². The molecule has 1 heterocycles. The summed E-state index contributed by atoms with van der Waals surface area (Å²) in [6, 6.07) is 2.41. The molecule has 7 amide bonds. The summed E-state index contributed by atoms with van der Waals surface area (Å²) in [6.07, 6.45) is 0. The van der Waals surface area contributed by atoms with E-state index < -0.39 is 35.8 Å². The second kappa shape index (κ2) is 12.3. The highest BCUT2D eigenvalue weighted by atomic mass is 16.5. The lowest BCUT2D eigenvalue weighted by Gasteiger charge is -2.20. The van der Waals surface area contributed by atoms with Crippen molar-refractivity contribution in [2.45, 2.75) is 62.3 Å². The van der Waals surface area contributed by atoms with Crippen LogP contribution in [0.5, 0.6) is 0 Å². The average Bonchev–Trinajstić information content (AvgIpc) is 3.10. The standard InChI is InChI=1S/C15H20N2O4.C13H14N2O3/c1-6-21-14(19)13(18)17-15(20)16-12-9(3)7-8(2)10(4)11(12)5;1-6-5-7(2)10(9(4)8(6)3)15-12(17)11(16)14-13(15)18/h7H,6H2,1-5H3,(H2,16,17,18,20);5H,1-4H3,(H,14,16,18). The van der Waals surface area contributed by atoms with Gasteiger partial charge in [0.25, 0.3) is 0 Å². The minimum Gasteiger partial charge on any atom is -0.459 e. The van der Waals surface area contributed by atoms with Crippen molar-refractivity contribution in [1.82, 2.24) is 10.6 Å². The first-order valence-corrected chi connectivity index (χ1v) is 12.3. The summed E-state index contributed by atoms with van der Waals surface area (Å²) in [5.41, 5.74) is 8.87. The number of carbonyl (C=O) groups is 6. The van der Waals surface area contributed by atoms with Gasteiger partial charge < -0.3 is 10.1 Å². The number of amides is 7. The summed E-state index contributed by atoms with van der Waals surface area (Å²) in [5, 5.41) is 6.54. The fourth-order valence-electron chi connectivity index (χ4n) is 4.19. The van der Waals surface area contributed by atoms with Crippen LogP contribution in [0, 0.1) is 55.4 Å². The molecule has 0 atom stereocenters. The lowest BCUT2D eigenvalue weighted by Crippen LogP contribution is -2.40. The molecule has 11 nitrogen and oxygen atoms in total. The second-order valence-corrected chi connectivity index (χ2v) is 9.27. The lowest BCUT2D eigenvalue weighted by atomic mass is 9.98. The lowest BCUT2D eigenvalue weighted by molar-refractivity contribution is -0.154. The van der Waals surface area contributed by atoms with Crippen molar-refractivity contribution in [3.63, 3.8) is 0 Å². The Kier molecular flexibility index (Phi) is 9.70. The fraction of sp³-hybridized carbons (Fsp3) is 0.357. The van der Waals surface area contributed by atoms with E-state index >= 15 is 0 Å². The van der Waals surface area contributed by atoms with Crippen molar-refractivity contribution >= 4 is 47.1 Å². The summed E-state index contributed by atoms with van der Waals surface area (Å²) in [4.78, 5) is 69.8. The molecule has 1 aliphatic heterocycles. The number of benzene rings is 2. The molecule has 0 radical (unpaired) electrons. The molecule has 1 aliphatic rings. The van der Waals surface area contributed by atoms with Gasteiger partial charge in [0.1, 0.15) is 0 Å². The number of esters is 1. The average molecular weight is 539 g/mol. The van der Waals surface area contributed by atoms with Gasteiger partial charge in [-0.15, -0.1) is 0 Å².